The Hall–Kier alpha value is -3.33. The molecule has 9 heteroatoms. The van der Waals surface area contributed by atoms with E-state index in [2.05, 4.69) is 0 Å². The predicted molar refractivity (Wildman–Crippen MR) is 102 cm³/mol. The molecule has 8 nitrogen and oxygen atoms in total. The van der Waals surface area contributed by atoms with Gasteiger partial charge < -0.3 is 19.1 Å². The van der Waals surface area contributed by atoms with Gasteiger partial charge in [-0.05, 0) is 37.7 Å². The van der Waals surface area contributed by atoms with Crippen LogP contribution >= 0.6 is 11.8 Å². The van der Waals surface area contributed by atoms with E-state index in [1.54, 1.807) is 37.3 Å². The van der Waals surface area contributed by atoms with Crippen LogP contribution in [0.2, 0.25) is 0 Å². The number of carbonyl (C=O) groups is 4. The number of imide groups is 1. The number of nitrogens with zero attached hydrogens (tertiary/aromatic N) is 1. The van der Waals surface area contributed by atoms with Crippen LogP contribution < -0.4 is 5.11 Å². The normalized spacial score (nSPS) is 16.3. The molecule has 1 saturated heterocycles. The van der Waals surface area contributed by atoms with Crippen LogP contribution in [0, 0.1) is 0 Å². The van der Waals surface area contributed by atoms with Crippen LogP contribution in [0.1, 0.15) is 30.0 Å². The molecular formula is C20H16NO7S-. The van der Waals surface area contributed by atoms with Crippen LogP contribution in [0.5, 0.6) is 0 Å². The molecule has 2 amide bonds. The van der Waals surface area contributed by atoms with Crippen LogP contribution in [0.3, 0.4) is 0 Å². The Morgan fingerprint density at radius 2 is 1.97 bits per heavy atom. The number of furan rings is 1. The Morgan fingerprint density at radius 1 is 1.24 bits per heavy atom. The summed E-state index contributed by atoms with van der Waals surface area (Å²) in [6.45, 7) is 3.18. The third kappa shape index (κ3) is 4.09. The maximum absolute atomic E-state index is 12.6. The highest BCUT2D eigenvalue weighted by Gasteiger charge is 2.41. The van der Waals surface area contributed by atoms with E-state index < -0.39 is 29.1 Å². The highest BCUT2D eigenvalue weighted by Crippen LogP contribution is 2.35. The topological polar surface area (TPSA) is 117 Å². The van der Waals surface area contributed by atoms with Crippen LogP contribution in [0.15, 0.2) is 45.7 Å². The Bertz CT molecular complexity index is 1020. The number of hydrogen-bond acceptors (Lipinski definition) is 8. The molecule has 29 heavy (non-hydrogen) atoms. The molecule has 1 fully saturated rings. The van der Waals surface area contributed by atoms with Gasteiger partial charge in [0.1, 0.15) is 17.6 Å². The zero-order valence-electron chi connectivity index (χ0n) is 15.5. The van der Waals surface area contributed by atoms with Crippen molar-refractivity contribution in [1.82, 2.24) is 4.90 Å². The average Bonchev–Trinajstić information content (AvgIpc) is 3.26. The number of ether oxygens (including phenoxy) is 1. The number of esters is 1. The highest BCUT2D eigenvalue weighted by atomic mass is 32.2. The Balaban J connectivity index is 1.86. The summed E-state index contributed by atoms with van der Waals surface area (Å²) in [5, 5.41) is 10.7. The average molecular weight is 414 g/mol. The minimum atomic E-state index is -1.34. The molecule has 0 radical (unpaired) electrons. The molecule has 0 aliphatic carbocycles. The van der Waals surface area contributed by atoms with Crippen molar-refractivity contribution in [3.05, 3.63) is 52.6 Å². The first-order valence-electron chi connectivity index (χ1n) is 8.67. The molecule has 1 aliphatic heterocycles. The quantitative estimate of drug-likeness (QED) is 0.522. The van der Waals surface area contributed by atoms with Crippen molar-refractivity contribution in [2.75, 3.05) is 6.61 Å². The molecule has 1 aromatic heterocycles. The van der Waals surface area contributed by atoms with Gasteiger partial charge in [-0.2, -0.15) is 0 Å². The number of hydrogen-bond donors (Lipinski definition) is 0. The van der Waals surface area contributed by atoms with Crippen molar-refractivity contribution in [1.29, 1.82) is 0 Å². The van der Waals surface area contributed by atoms with Crippen molar-refractivity contribution in [3.8, 4) is 11.3 Å². The summed E-state index contributed by atoms with van der Waals surface area (Å²) in [5.41, 5.74) is 0.299. The van der Waals surface area contributed by atoms with Gasteiger partial charge in [-0.15, -0.1) is 0 Å². The molecular weight excluding hydrogens is 398 g/mol. The smallest absolute Gasteiger partial charge is 0.329 e. The summed E-state index contributed by atoms with van der Waals surface area (Å²) in [6.07, 6.45) is 1.37. The molecule has 0 N–H and O–H groups in total. The third-order valence-electron chi connectivity index (χ3n) is 4.15. The van der Waals surface area contributed by atoms with Crippen molar-refractivity contribution in [2.45, 2.75) is 19.9 Å². The zero-order valence-corrected chi connectivity index (χ0v) is 16.4. The van der Waals surface area contributed by atoms with E-state index in [-0.39, 0.29) is 28.6 Å². The van der Waals surface area contributed by atoms with E-state index in [1.165, 1.54) is 19.1 Å². The lowest BCUT2D eigenvalue weighted by Gasteiger charge is -2.19. The number of carboxylic acids is 1. The molecule has 2 heterocycles. The van der Waals surface area contributed by atoms with Gasteiger partial charge >= 0.3 is 5.97 Å². The fourth-order valence-electron chi connectivity index (χ4n) is 2.76. The lowest BCUT2D eigenvalue weighted by Crippen LogP contribution is -2.42. The SMILES string of the molecule is CCOC(=O)[C@@H](C)N1C(=O)S/C(=C\c2ccc(-c3ccccc3C(=O)[O-])o2)C1=O. The van der Waals surface area contributed by atoms with Gasteiger partial charge in [0.2, 0.25) is 0 Å². The fourth-order valence-corrected chi connectivity index (χ4v) is 3.65. The minimum absolute atomic E-state index is 0.0306. The fraction of sp³-hybridized carbons (Fsp3) is 0.200. The summed E-state index contributed by atoms with van der Waals surface area (Å²) in [6, 6.07) is 8.25. The van der Waals surface area contributed by atoms with E-state index in [1.807, 2.05) is 0 Å². The first-order chi connectivity index (χ1) is 13.8. The predicted octanol–water partition coefficient (Wildman–Crippen LogP) is 2.30. The van der Waals surface area contributed by atoms with Crippen LogP contribution in [-0.2, 0) is 14.3 Å². The molecule has 1 aromatic carbocycles. The second-order valence-electron chi connectivity index (χ2n) is 6.01. The van der Waals surface area contributed by atoms with Gasteiger partial charge in [-0.1, -0.05) is 24.3 Å². The maximum Gasteiger partial charge on any atom is 0.329 e. The van der Waals surface area contributed by atoms with E-state index in [9.17, 15) is 24.3 Å². The Labute approximate surface area is 170 Å². The Morgan fingerprint density at radius 3 is 2.66 bits per heavy atom. The minimum Gasteiger partial charge on any atom is -0.545 e. The summed E-state index contributed by atoms with van der Waals surface area (Å²) < 4.78 is 10.5. The molecule has 2 aromatic rings. The van der Waals surface area contributed by atoms with Crippen LogP contribution in [-0.4, -0.2) is 40.6 Å². The standard InChI is InChI=1S/C20H17NO7S/c1-3-27-19(25)11(2)21-17(22)16(29-20(21)26)10-12-8-9-15(28-12)13-6-4-5-7-14(13)18(23)24/h4-11H,3H2,1-2H3,(H,23,24)/p-1/b16-10-/t11-/m1/s1. The summed E-state index contributed by atoms with van der Waals surface area (Å²) in [4.78, 5) is 48.8. The monoisotopic (exact) mass is 414 g/mol. The lowest BCUT2D eigenvalue weighted by molar-refractivity contribution is -0.255. The van der Waals surface area contributed by atoms with Gasteiger partial charge in [0.15, 0.2) is 0 Å². The van der Waals surface area contributed by atoms with E-state index in [0.717, 1.165) is 4.90 Å². The third-order valence-corrected chi connectivity index (χ3v) is 5.03. The Kier molecular flexibility index (Phi) is 5.88. The van der Waals surface area contributed by atoms with E-state index >= 15 is 0 Å². The van der Waals surface area contributed by atoms with Gasteiger partial charge in [0.25, 0.3) is 11.1 Å². The molecule has 0 unspecified atom stereocenters. The number of benzene rings is 1. The van der Waals surface area contributed by atoms with Gasteiger partial charge in [-0.25, -0.2) is 4.79 Å². The zero-order chi connectivity index (χ0) is 21.1. The number of thioether (sulfide) groups is 1. The van der Waals surface area contributed by atoms with Crippen molar-refractivity contribution in [3.63, 3.8) is 0 Å². The van der Waals surface area contributed by atoms with Crippen LogP contribution in [0.25, 0.3) is 17.4 Å². The summed E-state index contributed by atoms with van der Waals surface area (Å²) in [7, 11) is 0. The molecule has 0 saturated carbocycles. The molecule has 3 rings (SSSR count). The second-order valence-corrected chi connectivity index (χ2v) is 7.01. The molecule has 1 atom stereocenters. The summed E-state index contributed by atoms with van der Waals surface area (Å²) in [5.74, 6) is -2.12. The number of amides is 2. The lowest BCUT2D eigenvalue weighted by atomic mass is 10.1. The van der Waals surface area contributed by atoms with Crippen molar-refractivity contribution >= 4 is 40.9 Å². The molecule has 0 bridgehead atoms. The van der Waals surface area contributed by atoms with E-state index in [0.29, 0.717) is 17.3 Å². The molecule has 150 valence electrons. The first kappa shape index (κ1) is 20.4. The van der Waals surface area contributed by atoms with Gasteiger partial charge in [0, 0.05) is 17.2 Å². The second kappa shape index (κ2) is 8.36. The van der Waals surface area contributed by atoms with Gasteiger partial charge in [0.05, 0.1) is 17.5 Å². The van der Waals surface area contributed by atoms with Crippen molar-refractivity contribution in [2.24, 2.45) is 0 Å². The van der Waals surface area contributed by atoms with E-state index in [4.69, 9.17) is 9.15 Å². The number of aromatic carboxylic acids is 1. The highest BCUT2D eigenvalue weighted by molar-refractivity contribution is 8.18. The number of carbonyl (C=O) groups excluding carboxylic acids is 4. The largest absolute Gasteiger partial charge is 0.545 e. The number of carboxylic acid groups (broad SMARTS) is 1. The summed E-state index contributed by atoms with van der Waals surface area (Å²) >= 11 is 0.680. The molecule has 1 aliphatic rings. The number of rotatable bonds is 6. The maximum atomic E-state index is 12.6. The van der Waals surface area contributed by atoms with Crippen molar-refractivity contribution < 1.29 is 33.4 Å². The van der Waals surface area contributed by atoms with Gasteiger partial charge in [-0.3, -0.25) is 14.5 Å². The molecule has 0 spiro atoms. The van der Waals surface area contributed by atoms with Crippen LogP contribution in [0.4, 0.5) is 4.79 Å². The first-order valence-corrected chi connectivity index (χ1v) is 9.49.